The molecule has 2 heterocycles. The largest absolute Gasteiger partial charge is 0.490 e. The summed E-state index contributed by atoms with van der Waals surface area (Å²) in [6, 6.07) is 4.14. The van der Waals surface area contributed by atoms with Gasteiger partial charge in [0.1, 0.15) is 0 Å². The normalized spacial score (nSPS) is 24.4. The van der Waals surface area contributed by atoms with E-state index in [0.717, 1.165) is 24.6 Å². The van der Waals surface area contributed by atoms with Gasteiger partial charge in [-0.05, 0) is 32.4 Å². The number of nitrogens with one attached hydrogen (secondary N) is 1. The van der Waals surface area contributed by atoms with Crippen molar-refractivity contribution in [3.05, 3.63) is 18.3 Å². The van der Waals surface area contributed by atoms with E-state index >= 15 is 0 Å². The molecule has 0 spiro atoms. The molecule has 1 N–H and O–H groups in total. The molecule has 1 aromatic heterocycles. The molecule has 0 aromatic carbocycles. The van der Waals surface area contributed by atoms with Crippen LogP contribution in [0, 0.1) is 0 Å². The second kappa shape index (κ2) is 5.16. The van der Waals surface area contributed by atoms with Crippen LogP contribution in [0.1, 0.15) is 20.3 Å². The van der Waals surface area contributed by atoms with Gasteiger partial charge in [-0.3, -0.25) is 0 Å². The summed E-state index contributed by atoms with van der Waals surface area (Å²) in [5, 5.41) is 3.38. The van der Waals surface area contributed by atoms with E-state index in [0.29, 0.717) is 12.6 Å². The van der Waals surface area contributed by atoms with Crippen LogP contribution in [0.3, 0.4) is 0 Å². The quantitative estimate of drug-likeness (QED) is 0.847. The van der Waals surface area contributed by atoms with Crippen molar-refractivity contribution in [1.82, 2.24) is 4.98 Å². The first-order valence-electron chi connectivity index (χ1n) is 5.77. The third-order valence-electron chi connectivity index (χ3n) is 2.77. The van der Waals surface area contributed by atoms with Gasteiger partial charge in [0, 0.05) is 12.8 Å². The monoisotopic (exact) mass is 222 g/mol. The van der Waals surface area contributed by atoms with Crippen LogP contribution in [0.4, 0.5) is 5.82 Å². The van der Waals surface area contributed by atoms with Crippen LogP contribution in [-0.4, -0.2) is 30.3 Å². The van der Waals surface area contributed by atoms with Crippen LogP contribution in [0.2, 0.25) is 0 Å². The number of hydrogen-bond acceptors (Lipinski definition) is 4. The lowest BCUT2D eigenvalue weighted by Gasteiger charge is -2.18. The van der Waals surface area contributed by atoms with E-state index in [4.69, 9.17) is 9.47 Å². The number of ether oxygens (including phenoxy) is 2. The van der Waals surface area contributed by atoms with Gasteiger partial charge in [0.15, 0.2) is 11.6 Å². The Morgan fingerprint density at radius 2 is 2.50 bits per heavy atom. The van der Waals surface area contributed by atoms with Crippen molar-refractivity contribution in [2.75, 3.05) is 18.5 Å². The number of pyridine rings is 1. The standard InChI is InChI=1S/C12H18N2O2/c1-3-15-11-5-4-7-13-12(11)14-10-6-8-16-9(10)2/h4-5,7,9-10H,3,6,8H2,1-2H3,(H,13,14). The highest BCUT2D eigenvalue weighted by Gasteiger charge is 2.25. The summed E-state index contributed by atoms with van der Waals surface area (Å²) in [7, 11) is 0. The Kier molecular flexibility index (Phi) is 3.62. The van der Waals surface area contributed by atoms with E-state index in [1.54, 1.807) is 6.20 Å². The minimum Gasteiger partial charge on any atom is -0.490 e. The molecule has 1 aliphatic heterocycles. The Labute approximate surface area is 96.0 Å². The number of aromatic nitrogens is 1. The van der Waals surface area contributed by atoms with Crippen molar-refractivity contribution in [2.45, 2.75) is 32.4 Å². The van der Waals surface area contributed by atoms with Crippen LogP contribution in [0.15, 0.2) is 18.3 Å². The van der Waals surface area contributed by atoms with Crippen molar-refractivity contribution in [3.63, 3.8) is 0 Å². The Hall–Kier alpha value is -1.29. The van der Waals surface area contributed by atoms with Crippen molar-refractivity contribution >= 4 is 5.82 Å². The molecule has 2 unspecified atom stereocenters. The molecular weight excluding hydrogens is 204 g/mol. The number of hydrogen-bond donors (Lipinski definition) is 1. The lowest BCUT2D eigenvalue weighted by Crippen LogP contribution is -2.27. The topological polar surface area (TPSA) is 43.4 Å². The van der Waals surface area contributed by atoms with Crippen molar-refractivity contribution in [3.8, 4) is 5.75 Å². The predicted molar refractivity (Wildman–Crippen MR) is 62.8 cm³/mol. The Morgan fingerprint density at radius 3 is 3.19 bits per heavy atom. The second-order valence-corrected chi connectivity index (χ2v) is 3.90. The van der Waals surface area contributed by atoms with Crippen LogP contribution in [0.5, 0.6) is 5.75 Å². The fourth-order valence-electron chi connectivity index (χ4n) is 1.87. The molecule has 0 amide bonds. The lowest BCUT2D eigenvalue weighted by molar-refractivity contribution is 0.121. The minimum absolute atomic E-state index is 0.233. The number of rotatable bonds is 4. The van der Waals surface area contributed by atoms with E-state index in [9.17, 15) is 0 Å². The molecule has 0 bridgehead atoms. The highest BCUT2D eigenvalue weighted by molar-refractivity contribution is 5.50. The first kappa shape index (κ1) is 11.2. The van der Waals surface area contributed by atoms with Gasteiger partial charge in [-0.2, -0.15) is 0 Å². The zero-order valence-electron chi connectivity index (χ0n) is 9.77. The van der Waals surface area contributed by atoms with Gasteiger partial charge >= 0.3 is 0 Å². The summed E-state index contributed by atoms with van der Waals surface area (Å²) in [6.45, 7) is 5.51. The molecule has 4 nitrogen and oxygen atoms in total. The molecular formula is C12H18N2O2. The lowest BCUT2D eigenvalue weighted by atomic mass is 10.1. The highest BCUT2D eigenvalue weighted by atomic mass is 16.5. The third-order valence-corrected chi connectivity index (χ3v) is 2.77. The van der Waals surface area contributed by atoms with Gasteiger partial charge in [-0.15, -0.1) is 0 Å². The summed E-state index contributed by atoms with van der Waals surface area (Å²) in [5.41, 5.74) is 0. The summed E-state index contributed by atoms with van der Waals surface area (Å²) in [4.78, 5) is 4.30. The van der Waals surface area contributed by atoms with E-state index in [1.807, 2.05) is 19.1 Å². The minimum atomic E-state index is 0.233. The molecule has 16 heavy (non-hydrogen) atoms. The molecule has 2 rings (SSSR count). The van der Waals surface area contributed by atoms with Crippen molar-refractivity contribution in [1.29, 1.82) is 0 Å². The summed E-state index contributed by atoms with van der Waals surface area (Å²) in [6.07, 6.45) is 3.02. The van der Waals surface area contributed by atoms with Gasteiger partial charge in [0.05, 0.1) is 18.8 Å². The molecule has 88 valence electrons. The average molecular weight is 222 g/mol. The van der Waals surface area contributed by atoms with Crippen molar-refractivity contribution in [2.24, 2.45) is 0 Å². The molecule has 0 radical (unpaired) electrons. The zero-order valence-corrected chi connectivity index (χ0v) is 9.77. The molecule has 1 aromatic rings. The van der Waals surface area contributed by atoms with Crippen LogP contribution >= 0.6 is 0 Å². The SMILES string of the molecule is CCOc1cccnc1NC1CCOC1C. The van der Waals surface area contributed by atoms with Crippen LogP contribution in [-0.2, 0) is 4.74 Å². The molecule has 2 atom stereocenters. The zero-order chi connectivity index (χ0) is 11.4. The fourth-order valence-corrected chi connectivity index (χ4v) is 1.87. The fraction of sp³-hybridized carbons (Fsp3) is 0.583. The first-order valence-corrected chi connectivity index (χ1v) is 5.77. The van der Waals surface area contributed by atoms with Gasteiger partial charge in [-0.25, -0.2) is 4.98 Å². The van der Waals surface area contributed by atoms with Crippen LogP contribution < -0.4 is 10.1 Å². The maximum absolute atomic E-state index is 5.52. The van der Waals surface area contributed by atoms with E-state index in [2.05, 4.69) is 17.2 Å². The molecule has 1 fully saturated rings. The summed E-state index contributed by atoms with van der Waals surface area (Å²) < 4.78 is 11.0. The Morgan fingerprint density at radius 1 is 1.62 bits per heavy atom. The smallest absolute Gasteiger partial charge is 0.169 e. The average Bonchev–Trinajstić information content (AvgIpc) is 2.68. The highest BCUT2D eigenvalue weighted by Crippen LogP contribution is 2.25. The Balaban J connectivity index is 2.07. The maximum atomic E-state index is 5.52. The maximum Gasteiger partial charge on any atom is 0.169 e. The summed E-state index contributed by atoms with van der Waals surface area (Å²) >= 11 is 0. The van der Waals surface area contributed by atoms with Gasteiger partial charge < -0.3 is 14.8 Å². The first-order chi connectivity index (χ1) is 7.81. The van der Waals surface area contributed by atoms with E-state index in [-0.39, 0.29) is 6.10 Å². The molecule has 1 aliphatic rings. The summed E-state index contributed by atoms with van der Waals surface area (Å²) in [5.74, 6) is 1.62. The molecule has 4 heteroatoms. The molecule has 1 saturated heterocycles. The molecule has 0 saturated carbocycles. The van der Waals surface area contributed by atoms with Gasteiger partial charge in [0.25, 0.3) is 0 Å². The second-order valence-electron chi connectivity index (χ2n) is 3.90. The predicted octanol–water partition coefficient (Wildman–Crippen LogP) is 2.07. The molecule has 0 aliphatic carbocycles. The third kappa shape index (κ3) is 2.44. The van der Waals surface area contributed by atoms with E-state index in [1.165, 1.54) is 0 Å². The number of anilines is 1. The van der Waals surface area contributed by atoms with Crippen molar-refractivity contribution < 1.29 is 9.47 Å². The van der Waals surface area contributed by atoms with Gasteiger partial charge in [-0.1, -0.05) is 0 Å². The number of nitrogens with zero attached hydrogens (tertiary/aromatic N) is 1. The van der Waals surface area contributed by atoms with Gasteiger partial charge in [0.2, 0.25) is 0 Å². The van der Waals surface area contributed by atoms with Crippen LogP contribution in [0.25, 0.3) is 0 Å². The van der Waals surface area contributed by atoms with E-state index < -0.39 is 0 Å². The Bertz CT molecular complexity index is 344.